The van der Waals surface area contributed by atoms with Gasteiger partial charge < -0.3 is 9.88 Å². The van der Waals surface area contributed by atoms with Gasteiger partial charge in [-0.25, -0.2) is 4.39 Å². The third kappa shape index (κ3) is 4.10. The van der Waals surface area contributed by atoms with Gasteiger partial charge in [-0.05, 0) is 54.1 Å². The molecule has 0 atom stereocenters. The maximum absolute atomic E-state index is 13.9. The lowest BCUT2D eigenvalue weighted by atomic mass is 10.1. The number of carbonyl (C=O) groups is 1. The Morgan fingerprint density at radius 1 is 0.941 bits per heavy atom. The van der Waals surface area contributed by atoms with E-state index in [0.29, 0.717) is 22.2 Å². The van der Waals surface area contributed by atoms with Gasteiger partial charge in [-0.15, -0.1) is 0 Å². The van der Waals surface area contributed by atoms with Crippen molar-refractivity contribution in [1.82, 2.24) is 9.55 Å². The van der Waals surface area contributed by atoms with E-state index in [0.717, 1.165) is 22.9 Å². The van der Waals surface area contributed by atoms with Crippen LogP contribution in [0.5, 0.6) is 0 Å². The van der Waals surface area contributed by atoms with Crippen LogP contribution in [0.15, 0.2) is 85.2 Å². The van der Waals surface area contributed by atoms with Gasteiger partial charge in [0.1, 0.15) is 11.5 Å². The number of hydrogen-bond donors (Lipinski definition) is 1. The molecule has 0 aliphatic carbocycles. The molecule has 1 amide bonds. The van der Waals surface area contributed by atoms with Crippen LogP contribution in [0.4, 0.5) is 23.2 Å². The van der Waals surface area contributed by atoms with Gasteiger partial charge in [0.05, 0.1) is 5.56 Å². The van der Waals surface area contributed by atoms with Gasteiger partial charge in [-0.2, -0.15) is 13.2 Å². The molecule has 0 aliphatic rings. The molecule has 0 unspecified atom stereocenters. The largest absolute Gasteiger partial charge is 0.416 e. The molecule has 0 spiro atoms. The fourth-order valence-electron chi connectivity index (χ4n) is 4.05. The Kier molecular flexibility index (Phi) is 5.28. The normalized spacial score (nSPS) is 11.8. The van der Waals surface area contributed by atoms with Crippen molar-refractivity contribution >= 4 is 33.3 Å². The summed E-state index contributed by atoms with van der Waals surface area (Å²) in [5.74, 6) is -0.940. The van der Waals surface area contributed by atoms with Gasteiger partial charge in [0, 0.05) is 46.3 Å². The van der Waals surface area contributed by atoms with E-state index in [4.69, 9.17) is 0 Å². The minimum absolute atomic E-state index is 0.00125. The van der Waals surface area contributed by atoms with Gasteiger partial charge in [-0.3, -0.25) is 9.78 Å². The quantitative estimate of drug-likeness (QED) is 0.304. The molecule has 0 bridgehead atoms. The molecular weight excluding hydrogens is 446 g/mol. The highest BCUT2D eigenvalue weighted by molar-refractivity contribution is 6.10. The zero-order chi connectivity index (χ0) is 23.9. The fourth-order valence-corrected chi connectivity index (χ4v) is 4.05. The predicted molar refractivity (Wildman–Crippen MR) is 122 cm³/mol. The molecule has 170 valence electrons. The zero-order valence-electron chi connectivity index (χ0n) is 17.6. The second-order valence-electron chi connectivity index (χ2n) is 7.87. The Labute approximate surface area is 191 Å². The Hall–Kier alpha value is -4.20. The Morgan fingerprint density at radius 2 is 1.76 bits per heavy atom. The Bertz CT molecular complexity index is 1530. The first-order valence-electron chi connectivity index (χ1n) is 10.4. The highest BCUT2D eigenvalue weighted by atomic mass is 19.4. The number of halogens is 4. The van der Waals surface area contributed by atoms with Crippen molar-refractivity contribution in [3.63, 3.8) is 0 Å². The van der Waals surface area contributed by atoms with E-state index in [1.54, 1.807) is 41.2 Å². The van der Waals surface area contributed by atoms with Crippen LogP contribution < -0.4 is 5.32 Å². The number of hydrogen-bond acceptors (Lipinski definition) is 2. The average Bonchev–Trinajstić information content (AvgIpc) is 3.16. The lowest BCUT2D eigenvalue weighted by molar-refractivity contribution is -0.137. The second-order valence-corrected chi connectivity index (χ2v) is 7.87. The molecular formula is C26H17F4N3O. The molecule has 5 aromatic rings. The van der Waals surface area contributed by atoms with Crippen LogP contribution in [0.25, 0.3) is 21.7 Å². The van der Waals surface area contributed by atoms with Crippen LogP contribution >= 0.6 is 0 Å². The van der Waals surface area contributed by atoms with Gasteiger partial charge in [0.15, 0.2) is 0 Å². The summed E-state index contributed by atoms with van der Waals surface area (Å²) in [5.41, 5.74) is 0.881. The van der Waals surface area contributed by atoms with E-state index in [2.05, 4.69) is 10.3 Å². The smallest absolute Gasteiger partial charge is 0.332 e. The van der Waals surface area contributed by atoms with Gasteiger partial charge in [0.2, 0.25) is 0 Å². The lowest BCUT2D eigenvalue weighted by Crippen LogP contribution is -2.18. The molecule has 1 N–H and O–H groups in total. The maximum atomic E-state index is 13.9. The number of benzene rings is 3. The van der Waals surface area contributed by atoms with E-state index in [1.807, 2.05) is 6.07 Å². The molecule has 0 saturated heterocycles. The first-order valence-corrected chi connectivity index (χ1v) is 10.4. The summed E-state index contributed by atoms with van der Waals surface area (Å²) in [7, 11) is 0. The second kappa shape index (κ2) is 8.30. The van der Waals surface area contributed by atoms with Crippen molar-refractivity contribution in [2.24, 2.45) is 0 Å². The third-order valence-corrected chi connectivity index (χ3v) is 5.62. The molecule has 34 heavy (non-hydrogen) atoms. The molecule has 0 aliphatic heterocycles. The Balaban J connectivity index is 1.57. The van der Waals surface area contributed by atoms with E-state index in [9.17, 15) is 22.4 Å². The fraction of sp³-hybridized carbons (Fsp3) is 0.0769. The first-order chi connectivity index (χ1) is 16.3. The van der Waals surface area contributed by atoms with E-state index >= 15 is 0 Å². The van der Waals surface area contributed by atoms with Gasteiger partial charge in [-0.1, -0.05) is 24.3 Å². The summed E-state index contributed by atoms with van der Waals surface area (Å²) in [6.45, 7) is 0.00125. The number of aromatic nitrogens is 2. The minimum atomic E-state index is -4.48. The maximum Gasteiger partial charge on any atom is 0.416 e. The minimum Gasteiger partial charge on any atom is -0.332 e. The molecule has 5 rings (SSSR count). The molecule has 0 saturated carbocycles. The van der Waals surface area contributed by atoms with Gasteiger partial charge >= 0.3 is 6.18 Å². The number of fused-ring (bicyclic) bond motifs is 2. The predicted octanol–water partition coefficient (Wildman–Crippen LogP) is 6.65. The van der Waals surface area contributed by atoms with Crippen LogP contribution in [-0.4, -0.2) is 15.5 Å². The zero-order valence-corrected chi connectivity index (χ0v) is 17.6. The lowest BCUT2D eigenvalue weighted by Gasteiger charge is -2.14. The SMILES string of the molecule is O=C(Nc1cccc2cnccc12)c1cc2cc(F)ccc2n1Cc1cccc(C(F)(F)F)c1. The van der Waals surface area contributed by atoms with Crippen molar-refractivity contribution in [2.45, 2.75) is 12.7 Å². The topological polar surface area (TPSA) is 46.9 Å². The van der Waals surface area contributed by atoms with Crippen molar-refractivity contribution < 1.29 is 22.4 Å². The number of nitrogens with one attached hydrogen (secondary N) is 1. The molecule has 8 heteroatoms. The summed E-state index contributed by atoms with van der Waals surface area (Å²) >= 11 is 0. The number of nitrogens with zero attached hydrogens (tertiary/aromatic N) is 2. The molecule has 4 nitrogen and oxygen atoms in total. The van der Waals surface area contributed by atoms with E-state index < -0.39 is 23.5 Å². The average molecular weight is 463 g/mol. The van der Waals surface area contributed by atoms with Crippen LogP contribution in [0.1, 0.15) is 21.6 Å². The summed E-state index contributed by atoms with van der Waals surface area (Å²) in [6, 6.07) is 17.7. The summed E-state index contributed by atoms with van der Waals surface area (Å²) in [6.07, 6.45) is -1.19. The van der Waals surface area contributed by atoms with E-state index in [-0.39, 0.29) is 12.2 Å². The highest BCUT2D eigenvalue weighted by Gasteiger charge is 2.30. The number of amides is 1. The van der Waals surface area contributed by atoms with Crippen LogP contribution in [0, 0.1) is 5.82 Å². The van der Waals surface area contributed by atoms with Crippen LogP contribution in [-0.2, 0) is 12.7 Å². The summed E-state index contributed by atoms with van der Waals surface area (Å²) in [4.78, 5) is 17.4. The standard InChI is InChI=1S/C26H17F4N3O/c27-20-7-8-23-18(12-20)13-24(33(23)15-16-3-1-5-19(11-16)26(28,29)30)25(34)32-22-6-2-4-17-14-31-10-9-21(17)22/h1-14H,15H2,(H,32,34). The highest BCUT2D eigenvalue weighted by Crippen LogP contribution is 2.31. The number of anilines is 1. The van der Waals surface area contributed by atoms with Gasteiger partial charge in [0.25, 0.3) is 5.91 Å². The third-order valence-electron chi connectivity index (χ3n) is 5.62. The molecule has 2 heterocycles. The molecule has 3 aromatic carbocycles. The van der Waals surface area contributed by atoms with E-state index in [1.165, 1.54) is 30.3 Å². The Morgan fingerprint density at radius 3 is 2.59 bits per heavy atom. The molecule has 0 fully saturated rings. The molecule has 0 radical (unpaired) electrons. The summed E-state index contributed by atoms with van der Waals surface area (Å²) in [5, 5.41) is 4.98. The van der Waals surface area contributed by atoms with Crippen molar-refractivity contribution in [2.75, 3.05) is 5.32 Å². The van der Waals surface area contributed by atoms with Crippen molar-refractivity contribution in [3.8, 4) is 0 Å². The van der Waals surface area contributed by atoms with Crippen LogP contribution in [0.2, 0.25) is 0 Å². The first kappa shape index (κ1) is 21.6. The molecule has 2 aromatic heterocycles. The summed E-state index contributed by atoms with van der Waals surface area (Å²) < 4.78 is 55.1. The number of pyridine rings is 1. The number of rotatable bonds is 4. The van der Waals surface area contributed by atoms with Crippen molar-refractivity contribution in [3.05, 3.63) is 108 Å². The number of alkyl halides is 3. The monoisotopic (exact) mass is 463 g/mol. The van der Waals surface area contributed by atoms with Crippen molar-refractivity contribution in [1.29, 1.82) is 0 Å². The number of carbonyl (C=O) groups excluding carboxylic acids is 1. The van der Waals surface area contributed by atoms with Crippen LogP contribution in [0.3, 0.4) is 0 Å².